The van der Waals surface area contributed by atoms with Gasteiger partial charge in [-0.1, -0.05) is 12.1 Å². The van der Waals surface area contributed by atoms with Crippen LogP contribution in [0.2, 0.25) is 0 Å². The molecule has 7 heteroatoms. The van der Waals surface area contributed by atoms with E-state index in [4.69, 9.17) is 10.5 Å². The maximum atomic E-state index is 14.8. The third-order valence-electron chi connectivity index (χ3n) is 5.66. The largest absolute Gasteiger partial charge is 0.462 e. The molecule has 2 N–H and O–H groups in total. The average molecular weight is 397 g/mol. The smallest absolute Gasteiger partial charge is 0.248 e. The van der Waals surface area contributed by atoms with Crippen LogP contribution in [-0.4, -0.2) is 54.0 Å². The van der Waals surface area contributed by atoms with Gasteiger partial charge in [-0.25, -0.2) is 4.39 Å². The zero-order chi connectivity index (χ0) is 20.4. The van der Waals surface area contributed by atoms with Crippen molar-refractivity contribution in [3.63, 3.8) is 0 Å². The lowest BCUT2D eigenvalue weighted by molar-refractivity contribution is -0.116. The third kappa shape index (κ3) is 4.10. The second kappa shape index (κ2) is 8.21. The van der Waals surface area contributed by atoms with Crippen LogP contribution in [-0.2, 0) is 16.0 Å². The molecule has 4 rings (SSSR count). The summed E-state index contributed by atoms with van der Waals surface area (Å²) in [7, 11) is 0. The number of amides is 1. The van der Waals surface area contributed by atoms with E-state index < -0.39 is 12.2 Å². The topological polar surface area (TPSA) is 75.9 Å². The molecule has 1 amide bonds. The van der Waals surface area contributed by atoms with Crippen LogP contribution in [0.15, 0.2) is 59.7 Å². The number of ether oxygens (including phenoxy) is 1. The number of carbonyl (C=O) groups is 2. The molecule has 2 heterocycles. The van der Waals surface area contributed by atoms with Gasteiger partial charge in [0.05, 0.1) is 17.5 Å². The standard InChI is InChI=1S/C22H24FN3O3/c23-20(14-15-3-5-16(6-4-15)22(24)28)26-11-9-25(10-12-26)18-7-8-19(27)17-2-1-13-29-21(17)18/h1-6,13,20H,7-12,14H2,(H2,24,28). The number of primary amides is 1. The number of benzene rings is 1. The van der Waals surface area contributed by atoms with Crippen LogP contribution in [0.5, 0.6) is 0 Å². The van der Waals surface area contributed by atoms with Gasteiger partial charge in [-0.2, -0.15) is 0 Å². The van der Waals surface area contributed by atoms with Crippen molar-refractivity contribution in [1.29, 1.82) is 0 Å². The molecule has 0 bridgehead atoms. The van der Waals surface area contributed by atoms with Crippen molar-refractivity contribution in [2.24, 2.45) is 5.73 Å². The molecule has 1 unspecified atom stereocenters. The molecule has 1 aromatic carbocycles. The van der Waals surface area contributed by atoms with E-state index in [2.05, 4.69) is 4.90 Å². The van der Waals surface area contributed by atoms with Crippen molar-refractivity contribution in [3.05, 3.63) is 70.8 Å². The fourth-order valence-corrected chi connectivity index (χ4v) is 4.01. The van der Waals surface area contributed by atoms with Gasteiger partial charge in [0.15, 0.2) is 17.8 Å². The lowest BCUT2D eigenvalue weighted by atomic mass is 9.93. The molecule has 2 aliphatic heterocycles. The second-order valence-electron chi connectivity index (χ2n) is 7.45. The maximum Gasteiger partial charge on any atom is 0.248 e. The molecule has 1 fully saturated rings. The Balaban J connectivity index is 1.37. The predicted octanol–water partition coefficient (Wildman–Crippen LogP) is 2.29. The molecule has 0 aromatic heterocycles. The summed E-state index contributed by atoms with van der Waals surface area (Å²) in [4.78, 5) is 27.3. The van der Waals surface area contributed by atoms with E-state index in [1.807, 2.05) is 4.90 Å². The van der Waals surface area contributed by atoms with Crippen LogP contribution in [0.25, 0.3) is 0 Å². The second-order valence-corrected chi connectivity index (χ2v) is 7.45. The van der Waals surface area contributed by atoms with Crippen molar-refractivity contribution >= 4 is 11.7 Å². The molecule has 0 spiro atoms. The first kappa shape index (κ1) is 19.4. The Bertz CT molecular complexity index is 896. The maximum absolute atomic E-state index is 14.8. The van der Waals surface area contributed by atoms with Crippen LogP contribution in [0.3, 0.4) is 0 Å². The number of nitrogens with two attached hydrogens (primary N) is 1. The quantitative estimate of drug-likeness (QED) is 0.772. The van der Waals surface area contributed by atoms with Gasteiger partial charge in [-0.15, -0.1) is 0 Å². The molecule has 152 valence electrons. The van der Waals surface area contributed by atoms with Crippen LogP contribution >= 0.6 is 0 Å². The zero-order valence-electron chi connectivity index (χ0n) is 16.1. The Morgan fingerprint density at radius 2 is 1.86 bits per heavy atom. The number of alkyl halides is 1. The molecule has 1 saturated heterocycles. The van der Waals surface area contributed by atoms with E-state index in [0.717, 1.165) is 11.3 Å². The molecule has 0 saturated carbocycles. The minimum absolute atomic E-state index is 0.109. The highest BCUT2D eigenvalue weighted by Crippen LogP contribution is 2.33. The number of halogens is 1. The van der Waals surface area contributed by atoms with Crippen molar-refractivity contribution < 1.29 is 18.7 Å². The van der Waals surface area contributed by atoms with E-state index in [9.17, 15) is 14.0 Å². The van der Waals surface area contributed by atoms with Gasteiger partial charge in [0.2, 0.25) is 5.91 Å². The van der Waals surface area contributed by atoms with Gasteiger partial charge in [-0.3, -0.25) is 14.5 Å². The number of hydrogen-bond acceptors (Lipinski definition) is 5. The highest BCUT2D eigenvalue weighted by molar-refractivity contribution is 6.01. The normalized spacial score (nSPS) is 20.8. The van der Waals surface area contributed by atoms with Crippen molar-refractivity contribution in [2.45, 2.75) is 25.6 Å². The van der Waals surface area contributed by atoms with Crippen molar-refractivity contribution in [3.8, 4) is 0 Å². The Morgan fingerprint density at radius 3 is 2.55 bits per heavy atom. The number of piperazine rings is 1. The van der Waals surface area contributed by atoms with E-state index in [-0.39, 0.29) is 12.2 Å². The third-order valence-corrected chi connectivity index (χ3v) is 5.66. The Hall–Kier alpha value is -2.93. The fourth-order valence-electron chi connectivity index (χ4n) is 4.01. The van der Waals surface area contributed by atoms with Crippen molar-refractivity contribution in [2.75, 3.05) is 26.2 Å². The summed E-state index contributed by atoms with van der Waals surface area (Å²) < 4.78 is 20.5. The number of nitrogens with zero attached hydrogens (tertiary/aromatic N) is 2. The van der Waals surface area contributed by atoms with Crippen LogP contribution in [0.1, 0.15) is 28.8 Å². The van der Waals surface area contributed by atoms with E-state index in [0.29, 0.717) is 55.9 Å². The van der Waals surface area contributed by atoms with E-state index in [1.165, 1.54) is 0 Å². The summed E-state index contributed by atoms with van der Waals surface area (Å²) in [6.45, 7) is 2.57. The Kier molecular flexibility index (Phi) is 5.49. The molecule has 1 aromatic rings. The van der Waals surface area contributed by atoms with Gasteiger partial charge in [-0.05, 0) is 36.3 Å². The minimum atomic E-state index is -1.09. The average Bonchev–Trinajstić information content (AvgIpc) is 2.75. The summed E-state index contributed by atoms with van der Waals surface area (Å²) >= 11 is 0. The van der Waals surface area contributed by atoms with Crippen LogP contribution in [0, 0.1) is 0 Å². The van der Waals surface area contributed by atoms with Gasteiger partial charge in [0.25, 0.3) is 0 Å². The van der Waals surface area contributed by atoms with Gasteiger partial charge in [0.1, 0.15) is 0 Å². The first-order valence-electron chi connectivity index (χ1n) is 9.85. The molecule has 6 nitrogen and oxygen atoms in total. The highest BCUT2D eigenvalue weighted by Gasteiger charge is 2.32. The number of allylic oxidation sites excluding steroid dienone is 4. The zero-order valence-corrected chi connectivity index (χ0v) is 16.1. The molecular formula is C22H24FN3O3. The van der Waals surface area contributed by atoms with Crippen LogP contribution < -0.4 is 5.73 Å². The SMILES string of the molecule is NC(=O)c1ccc(CC(F)N2CCN(C3=C4OC=CC=C4C(=O)CC3)CC2)cc1. The summed E-state index contributed by atoms with van der Waals surface area (Å²) in [5.74, 6) is 0.279. The first-order valence-corrected chi connectivity index (χ1v) is 9.85. The fraction of sp³-hybridized carbons (Fsp3) is 0.364. The summed E-state index contributed by atoms with van der Waals surface area (Å²) in [5.41, 5.74) is 8.17. The van der Waals surface area contributed by atoms with Crippen molar-refractivity contribution in [1.82, 2.24) is 9.80 Å². The van der Waals surface area contributed by atoms with Gasteiger partial charge in [0, 0.05) is 44.6 Å². The number of Topliss-reactive ketones (excluding diaryl/α,β-unsaturated/α-hetero) is 1. The first-order chi connectivity index (χ1) is 14.0. The number of ketones is 1. The highest BCUT2D eigenvalue weighted by atomic mass is 19.1. The molecule has 29 heavy (non-hydrogen) atoms. The molecular weight excluding hydrogens is 373 g/mol. The van der Waals surface area contributed by atoms with E-state index >= 15 is 0 Å². The number of carbonyl (C=O) groups excluding carboxylic acids is 2. The number of hydrogen-bond donors (Lipinski definition) is 1. The molecule has 3 aliphatic rings. The Morgan fingerprint density at radius 1 is 1.14 bits per heavy atom. The van der Waals surface area contributed by atoms with E-state index in [1.54, 1.807) is 42.7 Å². The molecule has 1 aliphatic carbocycles. The summed E-state index contributed by atoms with van der Waals surface area (Å²) in [5, 5.41) is 0. The number of rotatable bonds is 5. The predicted molar refractivity (Wildman–Crippen MR) is 106 cm³/mol. The lowest BCUT2D eigenvalue weighted by Gasteiger charge is -2.40. The van der Waals surface area contributed by atoms with Gasteiger partial charge < -0.3 is 15.4 Å². The van der Waals surface area contributed by atoms with Crippen LogP contribution in [0.4, 0.5) is 4.39 Å². The van der Waals surface area contributed by atoms with Gasteiger partial charge >= 0.3 is 0 Å². The Labute approximate surface area is 169 Å². The molecule has 1 atom stereocenters. The lowest BCUT2D eigenvalue weighted by Crippen LogP contribution is -2.49. The minimum Gasteiger partial charge on any atom is -0.462 e. The molecule has 0 radical (unpaired) electrons. The summed E-state index contributed by atoms with van der Waals surface area (Å²) in [6.07, 6.45) is 5.45. The monoisotopic (exact) mass is 397 g/mol. The number of fused-ring (bicyclic) bond motifs is 1. The summed E-state index contributed by atoms with van der Waals surface area (Å²) in [6, 6.07) is 6.75.